The van der Waals surface area contributed by atoms with Gasteiger partial charge in [0.2, 0.25) is 5.91 Å². The van der Waals surface area contributed by atoms with Crippen LogP contribution in [0.2, 0.25) is 0 Å². The molecule has 2 amide bonds. The van der Waals surface area contributed by atoms with Crippen LogP contribution >= 0.6 is 0 Å². The van der Waals surface area contributed by atoms with E-state index in [1.165, 1.54) is 5.56 Å². The van der Waals surface area contributed by atoms with Gasteiger partial charge in [0.15, 0.2) is 0 Å². The summed E-state index contributed by atoms with van der Waals surface area (Å²) in [6.45, 7) is 6.31. The van der Waals surface area contributed by atoms with Crippen LogP contribution in [0.4, 0.5) is 0 Å². The predicted octanol–water partition coefficient (Wildman–Crippen LogP) is 1.59. The highest BCUT2D eigenvalue weighted by Crippen LogP contribution is 2.23. The second-order valence-corrected chi connectivity index (χ2v) is 7.83. The van der Waals surface area contributed by atoms with E-state index < -0.39 is 0 Å². The summed E-state index contributed by atoms with van der Waals surface area (Å²) < 4.78 is 0. The number of aromatic nitrogens is 1. The third-order valence-electron chi connectivity index (χ3n) is 5.94. The van der Waals surface area contributed by atoms with Crippen LogP contribution in [0.15, 0.2) is 42.7 Å². The van der Waals surface area contributed by atoms with Crippen LogP contribution in [0, 0.1) is 13.8 Å². The maximum Gasteiger partial charge on any atom is 0.253 e. The van der Waals surface area contributed by atoms with Gasteiger partial charge in [-0.3, -0.25) is 14.6 Å². The minimum absolute atomic E-state index is 0.0404. The van der Waals surface area contributed by atoms with E-state index in [2.05, 4.69) is 15.8 Å². The van der Waals surface area contributed by atoms with Crippen LogP contribution in [0.3, 0.4) is 0 Å². The van der Waals surface area contributed by atoms with Gasteiger partial charge in [0, 0.05) is 50.2 Å². The fraction of sp³-hybridized carbons (Fsp3) is 0.409. The van der Waals surface area contributed by atoms with E-state index in [0.717, 1.165) is 16.7 Å². The summed E-state index contributed by atoms with van der Waals surface area (Å²) in [5, 5.41) is 0. The van der Waals surface area contributed by atoms with Gasteiger partial charge >= 0.3 is 0 Å². The Morgan fingerprint density at radius 1 is 0.931 bits per heavy atom. The van der Waals surface area contributed by atoms with Crippen molar-refractivity contribution in [1.29, 1.82) is 0 Å². The van der Waals surface area contributed by atoms with Gasteiger partial charge in [-0.25, -0.2) is 10.9 Å². The average molecular weight is 393 g/mol. The number of nitrogens with one attached hydrogen (secondary N) is 2. The lowest BCUT2D eigenvalue weighted by Crippen LogP contribution is -2.54. The Hall–Kier alpha value is -2.77. The molecule has 2 fully saturated rings. The Morgan fingerprint density at radius 3 is 2.31 bits per heavy atom. The number of piperazine rings is 1. The molecule has 2 aromatic rings. The largest absolute Gasteiger partial charge is 0.338 e. The molecule has 2 atom stereocenters. The highest BCUT2D eigenvalue weighted by molar-refractivity contribution is 5.94. The van der Waals surface area contributed by atoms with Crippen LogP contribution < -0.4 is 10.9 Å². The molecule has 2 aliphatic rings. The lowest BCUT2D eigenvalue weighted by molar-refractivity contribution is -0.134. The normalized spacial score (nSPS) is 22.0. The monoisotopic (exact) mass is 393 g/mol. The molecule has 0 radical (unpaired) electrons. The van der Waals surface area contributed by atoms with Crippen LogP contribution in [0.1, 0.15) is 39.5 Å². The Kier molecular flexibility index (Phi) is 5.60. The molecule has 2 aliphatic heterocycles. The number of benzene rings is 1. The first kappa shape index (κ1) is 19.5. The van der Waals surface area contributed by atoms with Crippen LogP contribution in [-0.2, 0) is 4.79 Å². The van der Waals surface area contributed by atoms with Gasteiger partial charge in [-0.2, -0.15) is 0 Å². The van der Waals surface area contributed by atoms with E-state index in [1.807, 2.05) is 54.0 Å². The van der Waals surface area contributed by atoms with Crippen molar-refractivity contribution in [3.05, 3.63) is 65.0 Å². The molecule has 0 saturated carbocycles. The lowest BCUT2D eigenvalue weighted by Gasteiger charge is -2.36. The maximum atomic E-state index is 12.9. The topological polar surface area (TPSA) is 77.6 Å². The van der Waals surface area contributed by atoms with Gasteiger partial charge in [0.25, 0.3) is 5.91 Å². The predicted molar refractivity (Wildman–Crippen MR) is 110 cm³/mol. The third-order valence-corrected chi connectivity index (χ3v) is 5.94. The molecule has 1 aromatic heterocycles. The Bertz CT molecular complexity index is 893. The first-order chi connectivity index (χ1) is 14.0. The zero-order valence-corrected chi connectivity index (χ0v) is 16.9. The summed E-state index contributed by atoms with van der Waals surface area (Å²) in [5.74, 6) is 0.131. The van der Waals surface area contributed by atoms with Crippen molar-refractivity contribution in [3.63, 3.8) is 0 Å². The van der Waals surface area contributed by atoms with Crippen molar-refractivity contribution in [1.82, 2.24) is 25.6 Å². The second kappa shape index (κ2) is 8.31. The molecule has 2 saturated heterocycles. The summed E-state index contributed by atoms with van der Waals surface area (Å²) in [7, 11) is 0. The number of carbonyl (C=O) groups is 2. The van der Waals surface area contributed by atoms with E-state index >= 15 is 0 Å². The zero-order chi connectivity index (χ0) is 20.4. The number of carbonyl (C=O) groups excluding carboxylic acids is 2. The summed E-state index contributed by atoms with van der Waals surface area (Å²) in [5.41, 5.74) is 10.5. The SMILES string of the molecule is Cc1ccc(C(=O)N2CCN(C(=O)C3CC(c4ccncc4)NN3)CC2)cc1C. The first-order valence-corrected chi connectivity index (χ1v) is 10.1. The number of aryl methyl sites for hydroxylation is 2. The second-order valence-electron chi connectivity index (χ2n) is 7.83. The van der Waals surface area contributed by atoms with E-state index in [4.69, 9.17) is 0 Å². The number of rotatable bonds is 3. The van der Waals surface area contributed by atoms with Crippen molar-refractivity contribution >= 4 is 11.8 Å². The Labute approximate surface area is 171 Å². The van der Waals surface area contributed by atoms with Gasteiger partial charge in [0.05, 0.1) is 0 Å². The number of pyridine rings is 1. The molecule has 29 heavy (non-hydrogen) atoms. The number of amides is 2. The van der Waals surface area contributed by atoms with Crippen molar-refractivity contribution < 1.29 is 9.59 Å². The standard InChI is InChI=1S/C22H27N5O2/c1-15-3-4-18(13-16(15)2)21(28)26-9-11-27(12-10-26)22(29)20-14-19(24-25-20)17-5-7-23-8-6-17/h3-8,13,19-20,24-25H,9-12,14H2,1-2H3. The fourth-order valence-corrected chi connectivity index (χ4v) is 3.94. The van der Waals surface area contributed by atoms with Crippen molar-refractivity contribution in [2.75, 3.05) is 26.2 Å². The molecule has 0 bridgehead atoms. The van der Waals surface area contributed by atoms with Crippen LogP contribution in [-0.4, -0.2) is 58.8 Å². The van der Waals surface area contributed by atoms with Crippen molar-refractivity contribution in [2.45, 2.75) is 32.4 Å². The number of nitrogens with zero attached hydrogens (tertiary/aromatic N) is 3. The number of hydrogen-bond acceptors (Lipinski definition) is 5. The van der Waals surface area contributed by atoms with E-state index in [-0.39, 0.29) is 23.9 Å². The highest BCUT2D eigenvalue weighted by Gasteiger charge is 2.34. The van der Waals surface area contributed by atoms with Gasteiger partial charge in [0.1, 0.15) is 6.04 Å². The van der Waals surface area contributed by atoms with Crippen LogP contribution in [0.5, 0.6) is 0 Å². The van der Waals surface area contributed by atoms with Gasteiger partial charge < -0.3 is 9.80 Å². The first-order valence-electron chi connectivity index (χ1n) is 10.1. The third kappa shape index (κ3) is 4.16. The molecule has 7 heteroatoms. The van der Waals surface area contributed by atoms with E-state index in [1.54, 1.807) is 12.4 Å². The van der Waals surface area contributed by atoms with Crippen LogP contribution in [0.25, 0.3) is 0 Å². The fourth-order valence-electron chi connectivity index (χ4n) is 3.94. The Morgan fingerprint density at radius 2 is 1.62 bits per heavy atom. The van der Waals surface area contributed by atoms with Gasteiger partial charge in [-0.05, 0) is 61.2 Å². The highest BCUT2D eigenvalue weighted by atomic mass is 16.2. The minimum Gasteiger partial charge on any atom is -0.338 e. The molecule has 0 aliphatic carbocycles. The molecule has 3 heterocycles. The molecule has 2 unspecified atom stereocenters. The molecular formula is C22H27N5O2. The summed E-state index contributed by atoms with van der Waals surface area (Å²) in [6, 6.07) is 9.58. The van der Waals surface area contributed by atoms with E-state index in [0.29, 0.717) is 32.6 Å². The summed E-state index contributed by atoms with van der Waals surface area (Å²) >= 11 is 0. The van der Waals surface area contributed by atoms with E-state index in [9.17, 15) is 9.59 Å². The average Bonchev–Trinajstić information content (AvgIpc) is 3.26. The maximum absolute atomic E-state index is 12.9. The molecule has 1 aromatic carbocycles. The lowest BCUT2D eigenvalue weighted by atomic mass is 10.0. The summed E-state index contributed by atoms with van der Waals surface area (Å²) in [6.07, 6.45) is 4.22. The van der Waals surface area contributed by atoms with Crippen molar-refractivity contribution in [2.24, 2.45) is 0 Å². The number of hydrazine groups is 1. The van der Waals surface area contributed by atoms with Gasteiger partial charge in [-0.1, -0.05) is 6.07 Å². The molecule has 4 rings (SSSR count). The summed E-state index contributed by atoms with van der Waals surface area (Å²) in [4.78, 5) is 33.4. The molecule has 2 N–H and O–H groups in total. The number of hydrogen-bond donors (Lipinski definition) is 2. The van der Waals surface area contributed by atoms with Crippen molar-refractivity contribution in [3.8, 4) is 0 Å². The minimum atomic E-state index is -0.254. The quantitative estimate of drug-likeness (QED) is 0.828. The molecular weight excluding hydrogens is 366 g/mol. The van der Waals surface area contributed by atoms with Gasteiger partial charge in [-0.15, -0.1) is 0 Å². The smallest absolute Gasteiger partial charge is 0.253 e. The zero-order valence-electron chi connectivity index (χ0n) is 16.9. The molecule has 7 nitrogen and oxygen atoms in total. The molecule has 152 valence electrons. The molecule has 0 spiro atoms. The Balaban J connectivity index is 1.32.